The van der Waals surface area contributed by atoms with Crippen LogP contribution in [0.25, 0.3) is 0 Å². The van der Waals surface area contributed by atoms with E-state index in [-0.39, 0.29) is 37.7 Å². The minimum atomic E-state index is 0. The van der Waals surface area contributed by atoms with Crippen molar-refractivity contribution in [2.45, 2.75) is 26.7 Å². The van der Waals surface area contributed by atoms with Crippen LogP contribution in [0.2, 0.25) is 0 Å². The predicted octanol–water partition coefficient (Wildman–Crippen LogP) is 1.43. The van der Waals surface area contributed by atoms with Crippen LogP contribution < -0.4 is 4.74 Å². The van der Waals surface area contributed by atoms with Crippen LogP contribution in [0.4, 0.5) is 0 Å². The van der Waals surface area contributed by atoms with E-state index in [1.165, 1.54) is 5.56 Å². The second kappa shape index (κ2) is 7.27. The van der Waals surface area contributed by atoms with Gasteiger partial charge in [-0.05, 0) is 30.0 Å². The van der Waals surface area contributed by atoms with Gasteiger partial charge in [-0.2, -0.15) is 0 Å². The van der Waals surface area contributed by atoms with E-state index < -0.39 is 0 Å². The van der Waals surface area contributed by atoms with Crippen molar-refractivity contribution in [1.82, 2.24) is 0 Å². The van der Waals surface area contributed by atoms with Crippen LogP contribution in [0.5, 0.6) is 5.75 Å². The molecule has 74 valence electrons. The summed E-state index contributed by atoms with van der Waals surface area (Å²) in [5, 5.41) is 0. The molecular weight excluding hydrogens is 204 g/mol. The van der Waals surface area contributed by atoms with Gasteiger partial charge >= 0.3 is 37.7 Å². The molecule has 0 atom stereocenters. The molecule has 0 heterocycles. The Morgan fingerprint density at radius 2 is 2.00 bits per heavy atom. The SMILES string of the molecule is CCc1ccc(OC=O)c(CC)c1.[CaH2]. The molecule has 0 spiro atoms. The van der Waals surface area contributed by atoms with Crippen LogP contribution in [0.3, 0.4) is 0 Å². The first-order chi connectivity index (χ1) is 6.31. The zero-order valence-electron chi connectivity index (χ0n) is 8.04. The van der Waals surface area contributed by atoms with Gasteiger partial charge in [0.2, 0.25) is 0 Å². The third kappa shape index (κ3) is 3.60. The summed E-state index contributed by atoms with van der Waals surface area (Å²) < 4.78 is 4.85. The zero-order valence-corrected chi connectivity index (χ0v) is 8.04. The molecule has 0 aliphatic heterocycles. The van der Waals surface area contributed by atoms with Crippen LogP contribution in [-0.4, -0.2) is 44.2 Å². The number of hydrogen-bond acceptors (Lipinski definition) is 2. The van der Waals surface area contributed by atoms with Crippen LogP contribution in [0, 0.1) is 0 Å². The topological polar surface area (TPSA) is 26.3 Å². The molecule has 3 heteroatoms. The number of benzene rings is 1. The van der Waals surface area contributed by atoms with E-state index in [9.17, 15) is 4.79 Å². The molecule has 0 N–H and O–H groups in total. The zero-order chi connectivity index (χ0) is 9.68. The third-order valence-electron chi connectivity index (χ3n) is 2.09. The Morgan fingerprint density at radius 3 is 2.50 bits per heavy atom. The Labute approximate surface area is 115 Å². The van der Waals surface area contributed by atoms with Gasteiger partial charge in [0.25, 0.3) is 6.47 Å². The van der Waals surface area contributed by atoms with Crippen molar-refractivity contribution in [2.24, 2.45) is 0 Å². The Balaban J connectivity index is 0.00000169. The van der Waals surface area contributed by atoms with E-state index in [4.69, 9.17) is 4.74 Å². The second-order valence-corrected chi connectivity index (χ2v) is 2.86. The van der Waals surface area contributed by atoms with Gasteiger partial charge in [-0.15, -0.1) is 0 Å². The van der Waals surface area contributed by atoms with Crippen LogP contribution >= 0.6 is 0 Å². The number of rotatable bonds is 4. The summed E-state index contributed by atoms with van der Waals surface area (Å²) >= 11 is 0. The van der Waals surface area contributed by atoms with E-state index >= 15 is 0 Å². The van der Waals surface area contributed by atoms with Crippen molar-refractivity contribution in [3.05, 3.63) is 29.3 Å². The van der Waals surface area contributed by atoms with E-state index in [1.807, 2.05) is 19.1 Å². The van der Waals surface area contributed by atoms with Crippen molar-refractivity contribution in [1.29, 1.82) is 0 Å². The maximum atomic E-state index is 10.2. The maximum absolute atomic E-state index is 10.2. The van der Waals surface area contributed by atoms with Gasteiger partial charge in [-0.25, -0.2) is 0 Å². The second-order valence-electron chi connectivity index (χ2n) is 2.86. The van der Waals surface area contributed by atoms with Gasteiger partial charge in [0, 0.05) is 0 Å². The summed E-state index contributed by atoms with van der Waals surface area (Å²) in [6, 6.07) is 5.92. The van der Waals surface area contributed by atoms with Gasteiger partial charge in [0.05, 0.1) is 0 Å². The molecule has 0 saturated heterocycles. The number of ether oxygens (including phenoxy) is 1. The van der Waals surface area contributed by atoms with Gasteiger partial charge < -0.3 is 4.74 Å². The Hall–Kier alpha value is -0.0503. The monoisotopic (exact) mass is 220 g/mol. The van der Waals surface area contributed by atoms with Crippen LogP contribution in [0.15, 0.2) is 18.2 Å². The van der Waals surface area contributed by atoms with E-state index in [1.54, 1.807) is 0 Å². The molecule has 1 aromatic rings. The average molecular weight is 220 g/mol. The number of aryl methyl sites for hydroxylation is 2. The Kier molecular flexibility index (Phi) is 7.24. The first-order valence-electron chi connectivity index (χ1n) is 4.53. The summed E-state index contributed by atoms with van der Waals surface area (Å²) in [5.74, 6) is 0.676. The summed E-state index contributed by atoms with van der Waals surface area (Å²) in [4.78, 5) is 10.2. The molecule has 0 aromatic heterocycles. The standard InChI is InChI=1S/C11H14O2.Ca.2H/c1-3-9-5-6-11(13-8-12)10(4-2)7-9;;;/h5-8H,3-4H2,1-2H3;;;. The molecule has 0 bridgehead atoms. The molecule has 1 rings (SSSR count). The summed E-state index contributed by atoms with van der Waals surface area (Å²) in [7, 11) is 0. The molecule has 0 saturated carbocycles. The van der Waals surface area contributed by atoms with Crippen molar-refractivity contribution < 1.29 is 9.53 Å². The fourth-order valence-electron chi connectivity index (χ4n) is 1.30. The Bertz CT molecular complexity index is 297. The summed E-state index contributed by atoms with van der Waals surface area (Å²) in [6.45, 7) is 4.63. The molecule has 0 amide bonds. The van der Waals surface area contributed by atoms with Gasteiger partial charge in [-0.1, -0.05) is 26.0 Å². The van der Waals surface area contributed by atoms with Crippen molar-refractivity contribution in [3.8, 4) is 5.75 Å². The predicted molar refractivity (Wildman–Crippen MR) is 60.4 cm³/mol. The normalized spacial score (nSPS) is 9.00. The van der Waals surface area contributed by atoms with Gasteiger partial charge in [0.1, 0.15) is 5.75 Å². The summed E-state index contributed by atoms with van der Waals surface area (Å²) in [5.41, 5.74) is 2.36. The van der Waals surface area contributed by atoms with E-state index in [2.05, 4.69) is 13.0 Å². The molecule has 0 aliphatic rings. The summed E-state index contributed by atoms with van der Waals surface area (Å²) in [6.07, 6.45) is 1.89. The fourth-order valence-corrected chi connectivity index (χ4v) is 1.30. The first kappa shape index (κ1) is 13.9. The number of carbonyl (C=O) groups is 1. The fraction of sp³-hybridized carbons (Fsp3) is 0.364. The first-order valence-corrected chi connectivity index (χ1v) is 4.53. The molecule has 14 heavy (non-hydrogen) atoms. The third-order valence-corrected chi connectivity index (χ3v) is 2.09. The molecule has 0 unspecified atom stereocenters. The minimum absolute atomic E-state index is 0. The van der Waals surface area contributed by atoms with Crippen LogP contribution in [0.1, 0.15) is 25.0 Å². The van der Waals surface area contributed by atoms with Gasteiger partial charge in [0.15, 0.2) is 0 Å². The quantitative estimate of drug-likeness (QED) is 0.567. The van der Waals surface area contributed by atoms with E-state index in [0.717, 1.165) is 18.4 Å². The molecule has 0 radical (unpaired) electrons. The molecular formula is C11H16CaO2. The van der Waals surface area contributed by atoms with Crippen molar-refractivity contribution in [2.75, 3.05) is 0 Å². The Morgan fingerprint density at radius 1 is 1.29 bits per heavy atom. The molecule has 2 nitrogen and oxygen atoms in total. The average Bonchev–Trinajstić information content (AvgIpc) is 2.19. The molecule has 1 aromatic carbocycles. The van der Waals surface area contributed by atoms with Crippen molar-refractivity contribution in [3.63, 3.8) is 0 Å². The molecule has 0 aliphatic carbocycles. The van der Waals surface area contributed by atoms with E-state index in [0.29, 0.717) is 12.2 Å². The van der Waals surface area contributed by atoms with Crippen LogP contribution in [-0.2, 0) is 17.6 Å². The van der Waals surface area contributed by atoms with Crippen molar-refractivity contribution >= 4 is 44.2 Å². The van der Waals surface area contributed by atoms with Gasteiger partial charge in [-0.3, -0.25) is 4.79 Å². The molecule has 0 fully saturated rings. The number of carbonyl (C=O) groups excluding carboxylic acids is 1. The number of hydrogen-bond donors (Lipinski definition) is 0.